The normalized spacial score (nSPS) is 13.6. The summed E-state index contributed by atoms with van der Waals surface area (Å²) in [6, 6.07) is 15.5. The first kappa shape index (κ1) is 22.4. The van der Waals surface area contributed by atoms with Crippen LogP contribution in [-0.2, 0) is 0 Å². The van der Waals surface area contributed by atoms with Gasteiger partial charge in [0.2, 0.25) is 0 Å². The van der Waals surface area contributed by atoms with Gasteiger partial charge in [-0.1, -0.05) is 17.7 Å². The molecule has 1 fully saturated rings. The van der Waals surface area contributed by atoms with Crippen LogP contribution in [0.15, 0.2) is 48.5 Å². The molecule has 0 bridgehead atoms. The number of nitrogens with one attached hydrogen (secondary N) is 1. The lowest BCUT2D eigenvalue weighted by atomic mass is 10.1. The van der Waals surface area contributed by atoms with Gasteiger partial charge < -0.3 is 24.6 Å². The van der Waals surface area contributed by atoms with Crippen molar-refractivity contribution in [2.24, 2.45) is 0 Å². The molecule has 1 aromatic heterocycles. The number of benzene rings is 2. The molecule has 1 aliphatic heterocycles. The standard InChI is InChI=1S/C25H29N5O3/c1-17-5-7-20(18(2)15-17)26-25(31)30-13-11-29(12-14-30)24-10-8-21(27-28-24)19-6-9-22(32-3)23(16-19)33-4/h5-10,15-16H,11-14H2,1-4H3,(H,26,31). The van der Waals surface area contributed by atoms with Gasteiger partial charge >= 0.3 is 6.03 Å². The molecule has 172 valence electrons. The van der Waals surface area contributed by atoms with Crippen LogP contribution in [0.3, 0.4) is 0 Å². The Kier molecular flexibility index (Phi) is 6.63. The summed E-state index contributed by atoms with van der Waals surface area (Å²) in [4.78, 5) is 16.7. The van der Waals surface area contributed by atoms with E-state index in [0.717, 1.165) is 28.3 Å². The highest BCUT2D eigenvalue weighted by molar-refractivity contribution is 5.90. The largest absolute Gasteiger partial charge is 0.493 e. The minimum Gasteiger partial charge on any atom is -0.493 e. The van der Waals surface area contributed by atoms with Crippen molar-refractivity contribution in [1.82, 2.24) is 15.1 Å². The molecule has 8 nitrogen and oxygen atoms in total. The number of methoxy groups -OCH3 is 2. The summed E-state index contributed by atoms with van der Waals surface area (Å²) >= 11 is 0. The van der Waals surface area contributed by atoms with Crippen LogP contribution in [0, 0.1) is 13.8 Å². The van der Waals surface area contributed by atoms with Crippen molar-refractivity contribution in [1.29, 1.82) is 0 Å². The van der Waals surface area contributed by atoms with Crippen molar-refractivity contribution in [3.63, 3.8) is 0 Å². The molecule has 0 spiro atoms. The second kappa shape index (κ2) is 9.77. The number of amides is 2. The lowest BCUT2D eigenvalue weighted by Gasteiger charge is -2.35. The average molecular weight is 448 g/mol. The highest BCUT2D eigenvalue weighted by atomic mass is 16.5. The molecular weight excluding hydrogens is 418 g/mol. The maximum Gasteiger partial charge on any atom is 0.321 e. The van der Waals surface area contributed by atoms with Crippen LogP contribution in [0.4, 0.5) is 16.3 Å². The van der Waals surface area contributed by atoms with Crippen molar-refractivity contribution in [2.45, 2.75) is 13.8 Å². The van der Waals surface area contributed by atoms with E-state index < -0.39 is 0 Å². The fourth-order valence-electron chi connectivity index (χ4n) is 3.93. The van der Waals surface area contributed by atoms with Crippen LogP contribution < -0.4 is 19.7 Å². The zero-order valence-corrected chi connectivity index (χ0v) is 19.5. The predicted octanol–water partition coefficient (Wildman–Crippen LogP) is 4.13. The zero-order valence-electron chi connectivity index (χ0n) is 19.5. The third-order valence-corrected chi connectivity index (χ3v) is 5.84. The van der Waals surface area contributed by atoms with Gasteiger partial charge in [-0.25, -0.2) is 4.79 Å². The summed E-state index contributed by atoms with van der Waals surface area (Å²) in [5, 5.41) is 11.8. The van der Waals surface area contributed by atoms with Gasteiger partial charge in [-0.2, -0.15) is 0 Å². The summed E-state index contributed by atoms with van der Waals surface area (Å²) in [5.41, 5.74) is 4.75. The van der Waals surface area contributed by atoms with E-state index in [0.29, 0.717) is 37.7 Å². The van der Waals surface area contributed by atoms with Gasteiger partial charge in [-0.05, 0) is 55.8 Å². The summed E-state index contributed by atoms with van der Waals surface area (Å²) in [6.07, 6.45) is 0. The van der Waals surface area contributed by atoms with Crippen LogP contribution in [0.1, 0.15) is 11.1 Å². The average Bonchev–Trinajstić information content (AvgIpc) is 2.85. The van der Waals surface area contributed by atoms with E-state index >= 15 is 0 Å². The number of aryl methyl sites for hydroxylation is 2. The first-order valence-electron chi connectivity index (χ1n) is 10.9. The van der Waals surface area contributed by atoms with Gasteiger partial charge in [-0.15, -0.1) is 10.2 Å². The van der Waals surface area contributed by atoms with Gasteiger partial charge in [0.05, 0.1) is 19.9 Å². The maximum absolute atomic E-state index is 12.7. The van der Waals surface area contributed by atoms with Crippen LogP contribution in [0.25, 0.3) is 11.3 Å². The molecule has 1 saturated heterocycles. The van der Waals surface area contributed by atoms with E-state index in [2.05, 4.69) is 26.5 Å². The molecule has 2 heterocycles. The van der Waals surface area contributed by atoms with Crippen molar-refractivity contribution in [3.8, 4) is 22.8 Å². The Labute approximate surface area is 194 Å². The highest BCUT2D eigenvalue weighted by Gasteiger charge is 2.22. The van der Waals surface area contributed by atoms with Gasteiger partial charge in [-0.3, -0.25) is 0 Å². The quantitative estimate of drug-likeness (QED) is 0.634. The summed E-state index contributed by atoms with van der Waals surface area (Å²) in [7, 11) is 3.22. The summed E-state index contributed by atoms with van der Waals surface area (Å²) in [6.45, 7) is 6.69. The molecule has 1 N–H and O–H groups in total. The molecular formula is C25H29N5O3. The number of piperazine rings is 1. The molecule has 4 rings (SSSR count). The molecule has 0 aliphatic carbocycles. The van der Waals surface area contributed by atoms with Gasteiger partial charge in [0.15, 0.2) is 17.3 Å². The third kappa shape index (κ3) is 5.00. The Balaban J connectivity index is 1.36. The van der Waals surface area contributed by atoms with E-state index in [9.17, 15) is 4.79 Å². The van der Waals surface area contributed by atoms with Crippen molar-refractivity contribution < 1.29 is 14.3 Å². The topological polar surface area (TPSA) is 79.8 Å². The smallest absolute Gasteiger partial charge is 0.321 e. The number of rotatable bonds is 5. The molecule has 33 heavy (non-hydrogen) atoms. The molecule has 8 heteroatoms. The van der Waals surface area contributed by atoms with E-state index in [-0.39, 0.29) is 6.03 Å². The lowest BCUT2D eigenvalue weighted by Crippen LogP contribution is -2.50. The molecule has 0 radical (unpaired) electrons. The van der Waals surface area contributed by atoms with E-state index in [1.165, 1.54) is 5.56 Å². The van der Waals surface area contributed by atoms with Gasteiger partial charge in [0.25, 0.3) is 0 Å². The first-order valence-corrected chi connectivity index (χ1v) is 10.9. The number of carbonyl (C=O) groups is 1. The molecule has 0 atom stereocenters. The number of aromatic nitrogens is 2. The first-order chi connectivity index (χ1) is 16.0. The fourth-order valence-corrected chi connectivity index (χ4v) is 3.93. The highest BCUT2D eigenvalue weighted by Crippen LogP contribution is 2.31. The zero-order chi connectivity index (χ0) is 23.4. The summed E-state index contributed by atoms with van der Waals surface area (Å²) < 4.78 is 10.7. The van der Waals surface area contributed by atoms with Crippen LogP contribution in [-0.4, -0.2) is 61.5 Å². The van der Waals surface area contributed by atoms with Crippen LogP contribution in [0.2, 0.25) is 0 Å². The Morgan fingerprint density at radius 1 is 0.879 bits per heavy atom. The Bertz CT molecular complexity index is 1130. The predicted molar refractivity (Wildman–Crippen MR) is 129 cm³/mol. The third-order valence-electron chi connectivity index (χ3n) is 5.84. The van der Waals surface area contributed by atoms with E-state index in [4.69, 9.17) is 9.47 Å². The van der Waals surface area contributed by atoms with E-state index in [1.54, 1.807) is 14.2 Å². The van der Waals surface area contributed by atoms with Gasteiger partial charge in [0.1, 0.15) is 0 Å². The molecule has 3 aromatic rings. The Hall–Kier alpha value is -3.81. The van der Waals surface area contributed by atoms with Crippen LogP contribution >= 0.6 is 0 Å². The lowest BCUT2D eigenvalue weighted by molar-refractivity contribution is 0.208. The number of carbonyl (C=O) groups excluding carboxylic acids is 1. The molecule has 0 saturated carbocycles. The fraction of sp³-hybridized carbons (Fsp3) is 0.320. The number of hydrogen-bond donors (Lipinski definition) is 1. The molecule has 2 aromatic carbocycles. The Morgan fingerprint density at radius 3 is 2.27 bits per heavy atom. The monoisotopic (exact) mass is 447 g/mol. The maximum atomic E-state index is 12.7. The van der Waals surface area contributed by atoms with Crippen LogP contribution in [0.5, 0.6) is 11.5 Å². The second-order valence-corrected chi connectivity index (χ2v) is 8.07. The number of anilines is 2. The SMILES string of the molecule is COc1ccc(-c2ccc(N3CCN(C(=O)Nc4ccc(C)cc4C)CC3)nn2)cc1OC. The minimum absolute atomic E-state index is 0.0727. The van der Waals surface area contributed by atoms with Gasteiger partial charge in [0, 0.05) is 37.4 Å². The number of urea groups is 1. The minimum atomic E-state index is -0.0727. The van der Waals surface area contributed by atoms with E-state index in [1.807, 2.05) is 61.2 Å². The number of nitrogens with zero attached hydrogens (tertiary/aromatic N) is 4. The number of ether oxygens (including phenoxy) is 2. The summed E-state index contributed by atoms with van der Waals surface area (Å²) in [5.74, 6) is 2.12. The van der Waals surface area contributed by atoms with Crippen molar-refractivity contribution in [3.05, 3.63) is 59.7 Å². The second-order valence-electron chi connectivity index (χ2n) is 8.07. The Morgan fingerprint density at radius 2 is 1.64 bits per heavy atom. The van der Waals surface area contributed by atoms with Crippen molar-refractivity contribution >= 4 is 17.5 Å². The molecule has 2 amide bonds. The molecule has 0 unspecified atom stereocenters. The molecule has 1 aliphatic rings. The number of hydrogen-bond acceptors (Lipinski definition) is 6. The van der Waals surface area contributed by atoms with Crippen molar-refractivity contribution in [2.75, 3.05) is 50.6 Å².